The summed E-state index contributed by atoms with van der Waals surface area (Å²) in [6.07, 6.45) is 0. The van der Waals surface area contributed by atoms with Crippen LogP contribution >= 0.6 is 0 Å². The van der Waals surface area contributed by atoms with E-state index in [9.17, 15) is 4.79 Å². The number of ether oxygens (including phenoxy) is 4. The van der Waals surface area contributed by atoms with E-state index in [1.165, 1.54) is 0 Å². The van der Waals surface area contributed by atoms with Gasteiger partial charge in [-0.15, -0.1) is 0 Å². The molecule has 0 aliphatic heterocycles. The number of carbonyl (C=O) groups excluding carboxylic acids is 1. The van der Waals surface area contributed by atoms with E-state index in [0.717, 1.165) is 10.8 Å². The van der Waals surface area contributed by atoms with Crippen molar-refractivity contribution < 1.29 is 23.7 Å². The predicted molar refractivity (Wildman–Crippen MR) is 88.3 cm³/mol. The molecule has 0 heterocycles. The zero-order valence-electron chi connectivity index (χ0n) is 13.5. The van der Waals surface area contributed by atoms with Crippen LogP contribution in [0.1, 0.15) is 6.92 Å². The van der Waals surface area contributed by atoms with Crippen molar-refractivity contribution in [3.8, 4) is 17.2 Å². The Morgan fingerprint density at radius 1 is 1.04 bits per heavy atom. The van der Waals surface area contributed by atoms with Gasteiger partial charge in [0.1, 0.15) is 19.0 Å². The average molecular weight is 316 g/mol. The van der Waals surface area contributed by atoms with Gasteiger partial charge in [0.2, 0.25) is 0 Å². The van der Waals surface area contributed by atoms with Crippen LogP contribution in [0, 0.1) is 0 Å². The largest absolute Gasteiger partial charge is 0.496 e. The molecule has 5 nitrogen and oxygen atoms in total. The lowest BCUT2D eigenvalue weighted by Crippen LogP contribution is -2.12. The third kappa shape index (κ3) is 3.74. The molecular formula is C18H20O5. The average Bonchev–Trinajstić information content (AvgIpc) is 2.57. The molecule has 0 amide bonds. The van der Waals surface area contributed by atoms with Gasteiger partial charge in [-0.25, -0.2) is 4.79 Å². The standard InChI is InChI=1S/C18H20O5/c1-12(2)18(19)23-10-9-22-16-11-15(20-3)13-7-5-6-8-14(13)17(16)21-4/h5-8,11H,1,9-10H2,2-4H3. The molecule has 2 aromatic rings. The monoisotopic (exact) mass is 316 g/mol. The van der Waals surface area contributed by atoms with Crippen LogP contribution < -0.4 is 14.2 Å². The van der Waals surface area contributed by atoms with Crippen LogP contribution in [-0.2, 0) is 9.53 Å². The van der Waals surface area contributed by atoms with Crippen molar-refractivity contribution in [1.29, 1.82) is 0 Å². The summed E-state index contributed by atoms with van der Waals surface area (Å²) in [6, 6.07) is 9.51. The summed E-state index contributed by atoms with van der Waals surface area (Å²) in [5, 5.41) is 1.83. The first kappa shape index (κ1) is 16.7. The number of esters is 1. The summed E-state index contributed by atoms with van der Waals surface area (Å²) in [4.78, 5) is 11.3. The Balaban J connectivity index is 2.19. The first-order valence-corrected chi connectivity index (χ1v) is 7.17. The number of benzene rings is 2. The van der Waals surface area contributed by atoms with E-state index in [2.05, 4.69) is 6.58 Å². The van der Waals surface area contributed by atoms with Crippen molar-refractivity contribution in [2.24, 2.45) is 0 Å². The molecule has 0 aliphatic rings. The van der Waals surface area contributed by atoms with E-state index in [0.29, 0.717) is 22.8 Å². The Kier molecular flexibility index (Phi) is 5.46. The topological polar surface area (TPSA) is 54.0 Å². The van der Waals surface area contributed by atoms with Crippen LogP contribution in [0.15, 0.2) is 42.5 Å². The molecule has 0 unspecified atom stereocenters. The molecule has 0 spiro atoms. The van der Waals surface area contributed by atoms with Gasteiger partial charge in [-0.3, -0.25) is 0 Å². The summed E-state index contributed by atoms with van der Waals surface area (Å²) in [6.45, 7) is 5.46. The number of hydrogen-bond donors (Lipinski definition) is 0. The maximum Gasteiger partial charge on any atom is 0.333 e. The molecule has 0 saturated carbocycles. The van der Waals surface area contributed by atoms with Crippen molar-refractivity contribution in [1.82, 2.24) is 0 Å². The molecule has 0 N–H and O–H groups in total. The molecule has 2 aromatic carbocycles. The fraction of sp³-hybridized carbons (Fsp3) is 0.278. The molecule has 2 rings (SSSR count). The molecular weight excluding hydrogens is 296 g/mol. The molecule has 122 valence electrons. The van der Waals surface area contributed by atoms with Crippen LogP contribution in [0.5, 0.6) is 17.2 Å². The summed E-state index contributed by atoms with van der Waals surface area (Å²) < 4.78 is 21.6. The highest BCUT2D eigenvalue weighted by Crippen LogP contribution is 2.41. The lowest BCUT2D eigenvalue weighted by molar-refractivity contribution is -0.139. The number of rotatable bonds is 7. The smallest absolute Gasteiger partial charge is 0.333 e. The molecule has 23 heavy (non-hydrogen) atoms. The molecule has 0 bridgehead atoms. The van der Waals surface area contributed by atoms with E-state index in [-0.39, 0.29) is 13.2 Å². The van der Waals surface area contributed by atoms with Gasteiger partial charge in [0.25, 0.3) is 0 Å². The molecule has 0 aliphatic carbocycles. The van der Waals surface area contributed by atoms with Gasteiger partial charge in [-0.05, 0) is 6.92 Å². The maximum absolute atomic E-state index is 11.3. The van der Waals surface area contributed by atoms with Gasteiger partial charge in [0.15, 0.2) is 11.5 Å². The Morgan fingerprint density at radius 3 is 2.35 bits per heavy atom. The summed E-state index contributed by atoms with van der Waals surface area (Å²) in [7, 11) is 3.19. The number of hydrogen-bond acceptors (Lipinski definition) is 5. The van der Waals surface area contributed by atoms with Crippen LogP contribution in [0.3, 0.4) is 0 Å². The number of methoxy groups -OCH3 is 2. The van der Waals surface area contributed by atoms with E-state index in [1.54, 1.807) is 27.2 Å². The minimum Gasteiger partial charge on any atom is -0.496 e. The Morgan fingerprint density at radius 2 is 1.74 bits per heavy atom. The third-order valence-electron chi connectivity index (χ3n) is 3.27. The first-order chi connectivity index (χ1) is 11.1. The minimum atomic E-state index is -0.434. The first-order valence-electron chi connectivity index (χ1n) is 7.17. The maximum atomic E-state index is 11.3. The second-order valence-corrected chi connectivity index (χ2v) is 4.92. The van der Waals surface area contributed by atoms with E-state index < -0.39 is 5.97 Å². The molecule has 0 radical (unpaired) electrons. The highest BCUT2D eigenvalue weighted by Gasteiger charge is 2.14. The fourth-order valence-electron chi connectivity index (χ4n) is 2.19. The van der Waals surface area contributed by atoms with Crippen molar-refractivity contribution in [2.45, 2.75) is 6.92 Å². The van der Waals surface area contributed by atoms with Crippen LogP contribution in [-0.4, -0.2) is 33.4 Å². The van der Waals surface area contributed by atoms with Gasteiger partial charge in [0.05, 0.1) is 14.2 Å². The zero-order valence-corrected chi connectivity index (χ0v) is 13.5. The minimum absolute atomic E-state index is 0.129. The van der Waals surface area contributed by atoms with E-state index in [4.69, 9.17) is 18.9 Å². The Bertz CT molecular complexity index is 721. The molecule has 0 aromatic heterocycles. The SMILES string of the molecule is C=C(C)C(=O)OCCOc1cc(OC)c2ccccc2c1OC. The Hall–Kier alpha value is -2.69. The van der Waals surface area contributed by atoms with Gasteiger partial charge >= 0.3 is 5.97 Å². The van der Waals surface area contributed by atoms with Crippen molar-refractivity contribution in [3.63, 3.8) is 0 Å². The highest BCUT2D eigenvalue weighted by atomic mass is 16.6. The predicted octanol–water partition coefficient (Wildman–Crippen LogP) is 3.36. The summed E-state index contributed by atoms with van der Waals surface area (Å²) in [5.74, 6) is 1.41. The third-order valence-corrected chi connectivity index (χ3v) is 3.27. The van der Waals surface area contributed by atoms with Crippen LogP contribution in [0.2, 0.25) is 0 Å². The van der Waals surface area contributed by atoms with Gasteiger partial charge in [0, 0.05) is 22.4 Å². The Labute approximate surface area is 135 Å². The molecule has 5 heteroatoms. The van der Waals surface area contributed by atoms with Gasteiger partial charge < -0.3 is 18.9 Å². The quantitative estimate of drug-likeness (QED) is 0.445. The van der Waals surface area contributed by atoms with Gasteiger partial charge in [-0.1, -0.05) is 30.8 Å². The van der Waals surface area contributed by atoms with Crippen molar-refractivity contribution in [3.05, 3.63) is 42.5 Å². The van der Waals surface area contributed by atoms with E-state index >= 15 is 0 Å². The summed E-state index contributed by atoms with van der Waals surface area (Å²) in [5.41, 5.74) is 0.356. The van der Waals surface area contributed by atoms with Crippen molar-refractivity contribution >= 4 is 16.7 Å². The van der Waals surface area contributed by atoms with Crippen molar-refractivity contribution in [2.75, 3.05) is 27.4 Å². The van der Waals surface area contributed by atoms with Crippen LogP contribution in [0.4, 0.5) is 0 Å². The number of fused-ring (bicyclic) bond motifs is 1. The molecule has 0 fully saturated rings. The lowest BCUT2D eigenvalue weighted by atomic mass is 10.1. The zero-order chi connectivity index (χ0) is 16.8. The summed E-state index contributed by atoms with van der Waals surface area (Å²) >= 11 is 0. The van der Waals surface area contributed by atoms with Crippen LogP contribution in [0.25, 0.3) is 10.8 Å². The fourth-order valence-corrected chi connectivity index (χ4v) is 2.19. The lowest BCUT2D eigenvalue weighted by Gasteiger charge is -2.15. The highest BCUT2D eigenvalue weighted by molar-refractivity contribution is 5.95. The second-order valence-electron chi connectivity index (χ2n) is 4.92. The van der Waals surface area contributed by atoms with E-state index in [1.807, 2.05) is 24.3 Å². The molecule has 0 saturated heterocycles. The number of carbonyl (C=O) groups is 1. The normalized spacial score (nSPS) is 10.2. The second kappa shape index (κ2) is 7.54. The molecule has 0 atom stereocenters. The van der Waals surface area contributed by atoms with Gasteiger partial charge in [-0.2, -0.15) is 0 Å².